The van der Waals surface area contributed by atoms with E-state index >= 15 is 0 Å². The number of hydrogen-bond acceptors (Lipinski definition) is 4. The first kappa shape index (κ1) is 8.84. The number of aromatic amines is 1. The fraction of sp³-hybridized carbons (Fsp3) is 0.667. The molecule has 0 spiro atoms. The molecule has 3 rings (SSSR count). The fourth-order valence-electron chi connectivity index (χ4n) is 1.56. The maximum Gasteiger partial charge on any atom is 0.291 e. The summed E-state index contributed by atoms with van der Waals surface area (Å²) in [7, 11) is 0. The van der Waals surface area contributed by atoms with Gasteiger partial charge in [0, 0.05) is 19.0 Å². The topological polar surface area (TPSA) is 82.7 Å². The maximum absolute atomic E-state index is 11.6. The van der Waals surface area contributed by atoms with Crippen molar-refractivity contribution in [2.75, 3.05) is 13.1 Å². The zero-order valence-electron chi connectivity index (χ0n) is 8.29. The summed E-state index contributed by atoms with van der Waals surface area (Å²) in [5.41, 5.74) is 0. The summed E-state index contributed by atoms with van der Waals surface area (Å²) in [4.78, 5) is 15.8. The van der Waals surface area contributed by atoms with Gasteiger partial charge in [0.05, 0.1) is 6.04 Å². The average molecular weight is 207 g/mol. The quantitative estimate of drug-likeness (QED) is 0.617. The minimum atomic E-state index is -0.176. The first-order chi connectivity index (χ1) is 7.33. The van der Waals surface area contributed by atoms with Crippen molar-refractivity contribution in [2.24, 2.45) is 0 Å². The molecule has 1 aromatic heterocycles. The van der Waals surface area contributed by atoms with Gasteiger partial charge in [-0.05, 0) is 12.8 Å². The number of H-pyrrole nitrogens is 1. The molecule has 2 fully saturated rings. The van der Waals surface area contributed by atoms with Crippen molar-refractivity contribution >= 4 is 5.91 Å². The Morgan fingerprint density at radius 3 is 2.80 bits per heavy atom. The molecule has 0 atom stereocenters. The molecule has 3 N–H and O–H groups in total. The van der Waals surface area contributed by atoms with Gasteiger partial charge >= 0.3 is 0 Å². The summed E-state index contributed by atoms with van der Waals surface area (Å²) in [5, 5.41) is 12.7. The highest BCUT2D eigenvalue weighted by Gasteiger charge is 2.28. The Morgan fingerprint density at radius 2 is 2.20 bits per heavy atom. The van der Waals surface area contributed by atoms with Crippen molar-refractivity contribution in [3.05, 3.63) is 11.6 Å². The molecule has 1 amide bonds. The molecule has 0 aromatic carbocycles. The Labute approximate surface area is 86.9 Å². The standard InChI is InChI=1S/C9H13N5O/c15-9(11-6-3-10-4-6)8-12-7(13-14-8)5-1-2-5/h5-6,10H,1-4H2,(H,11,15)(H,12,13,14). The maximum atomic E-state index is 11.6. The Morgan fingerprint density at radius 1 is 1.40 bits per heavy atom. The first-order valence-electron chi connectivity index (χ1n) is 5.27. The van der Waals surface area contributed by atoms with E-state index < -0.39 is 0 Å². The van der Waals surface area contributed by atoms with Gasteiger partial charge in [-0.15, -0.1) is 5.10 Å². The van der Waals surface area contributed by atoms with Crippen LogP contribution < -0.4 is 10.6 Å². The molecule has 0 bridgehead atoms. The van der Waals surface area contributed by atoms with Crippen LogP contribution in [0.15, 0.2) is 0 Å². The lowest BCUT2D eigenvalue weighted by Crippen LogP contribution is -2.57. The third-order valence-corrected chi connectivity index (χ3v) is 2.79. The molecule has 6 nitrogen and oxygen atoms in total. The van der Waals surface area contributed by atoms with Crippen LogP contribution in [0.1, 0.15) is 35.2 Å². The Bertz CT molecular complexity index is 380. The normalized spacial score (nSPS) is 21.1. The minimum absolute atomic E-state index is 0.176. The van der Waals surface area contributed by atoms with E-state index in [1.54, 1.807) is 0 Å². The van der Waals surface area contributed by atoms with Crippen molar-refractivity contribution in [2.45, 2.75) is 24.8 Å². The molecule has 1 aliphatic heterocycles. The van der Waals surface area contributed by atoms with Gasteiger partial charge in [-0.1, -0.05) is 0 Å². The summed E-state index contributed by atoms with van der Waals surface area (Å²) < 4.78 is 0. The van der Waals surface area contributed by atoms with Crippen LogP contribution in [0.2, 0.25) is 0 Å². The highest BCUT2D eigenvalue weighted by molar-refractivity contribution is 5.90. The predicted octanol–water partition coefficient (Wildman–Crippen LogP) is -0.616. The first-order valence-corrected chi connectivity index (χ1v) is 5.27. The molecule has 0 radical (unpaired) electrons. The zero-order valence-corrected chi connectivity index (χ0v) is 8.29. The predicted molar refractivity (Wildman–Crippen MR) is 52.5 cm³/mol. The zero-order chi connectivity index (χ0) is 10.3. The largest absolute Gasteiger partial charge is 0.344 e. The lowest BCUT2D eigenvalue weighted by molar-refractivity contribution is 0.0913. The molecular formula is C9H13N5O. The molecule has 0 unspecified atom stereocenters. The van der Waals surface area contributed by atoms with Crippen molar-refractivity contribution in [1.82, 2.24) is 25.8 Å². The average Bonchev–Trinajstić information content (AvgIpc) is 2.90. The minimum Gasteiger partial charge on any atom is -0.344 e. The number of rotatable bonds is 3. The van der Waals surface area contributed by atoms with Gasteiger partial charge in [0.25, 0.3) is 5.91 Å². The highest BCUT2D eigenvalue weighted by atomic mass is 16.2. The van der Waals surface area contributed by atoms with Gasteiger partial charge < -0.3 is 10.6 Å². The Balaban J connectivity index is 1.65. The van der Waals surface area contributed by atoms with Crippen LogP contribution in [0.5, 0.6) is 0 Å². The second-order valence-corrected chi connectivity index (χ2v) is 4.15. The lowest BCUT2D eigenvalue weighted by atomic mass is 10.2. The summed E-state index contributed by atoms with van der Waals surface area (Å²) in [5.74, 6) is 1.45. The van der Waals surface area contributed by atoms with Gasteiger partial charge in [0.1, 0.15) is 5.82 Å². The summed E-state index contributed by atoms with van der Waals surface area (Å²) in [6, 6.07) is 0.236. The van der Waals surface area contributed by atoms with E-state index in [4.69, 9.17) is 0 Å². The summed E-state index contributed by atoms with van der Waals surface area (Å²) in [6.07, 6.45) is 2.31. The number of carbonyl (C=O) groups excluding carboxylic acids is 1. The molecule has 2 heterocycles. The third kappa shape index (κ3) is 1.72. The van der Waals surface area contributed by atoms with E-state index in [0.29, 0.717) is 5.92 Å². The monoisotopic (exact) mass is 207 g/mol. The van der Waals surface area contributed by atoms with Crippen LogP contribution >= 0.6 is 0 Å². The molecule has 2 aliphatic rings. The van der Waals surface area contributed by atoms with Crippen LogP contribution in [0.3, 0.4) is 0 Å². The highest BCUT2D eigenvalue weighted by Crippen LogP contribution is 2.37. The second-order valence-electron chi connectivity index (χ2n) is 4.15. The fourth-order valence-corrected chi connectivity index (χ4v) is 1.56. The van der Waals surface area contributed by atoms with E-state index in [9.17, 15) is 4.79 Å². The van der Waals surface area contributed by atoms with Crippen LogP contribution in [0, 0.1) is 0 Å². The van der Waals surface area contributed by atoms with E-state index in [-0.39, 0.29) is 17.8 Å². The number of aromatic nitrogens is 3. The molecule has 6 heteroatoms. The second kappa shape index (κ2) is 3.30. The van der Waals surface area contributed by atoms with Crippen LogP contribution in [-0.4, -0.2) is 40.2 Å². The van der Waals surface area contributed by atoms with Crippen LogP contribution in [-0.2, 0) is 0 Å². The van der Waals surface area contributed by atoms with Gasteiger partial charge in [0.2, 0.25) is 5.82 Å². The van der Waals surface area contributed by atoms with E-state index in [1.165, 1.54) is 0 Å². The number of nitrogens with zero attached hydrogens (tertiary/aromatic N) is 2. The van der Waals surface area contributed by atoms with Crippen molar-refractivity contribution in [1.29, 1.82) is 0 Å². The van der Waals surface area contributed by atoms with Crippen molar-refractivity contribution < 1.29 is 4.79 Å². The van der Waals surface area contributed by atoms with Gasteiger partial charge in [-0.2, -0.15) is 0 Å². The number of hydrogen-bond donors (Lipinski definition) is 3. The molecule has 1 saturated heterocycles. The van der Waals surface area contributed by atoms with E-state index in [2.05, 4.69) is 25.8 Å². The van der Waals surface area contributed by atoms with Crippen LogP contribution in [0.25, 0.3) is 0 Å². The molecule has 1 saturated carbocycles. The van der Waals surface area contributed by atoms with Crippen LogP contribution in [0.4, 0.5) is 0 Å². The van der Waals surface area contributed by atoms with Crippen molar-refractivity contribution in [3.63, 3.8) is 0 Å². The number of nitrogens with one attached hydrogen (secondary N) is 3. The molecular weight excluding hydrogens is 194 g/mol. The number of carbonyl (C=O) groups is 1. The Hall–Kier alpha value is -1.43. The van der Waals surface area contributed by atoms with E-state index in [0.717, 1.165) is 31.8 Å². The van der Waals surface area contributed by atoms with Gasteiger partial charge in [-0.25, -0.2) is 4.98 Å². The van der Waals surface area contributed by atoms with Crippen molar-refractivity contribution in [3.8, 4) is 0 Å². The summed E-state index contributed by atoms with van der Waals surface area (Å²) >= 11 is 0. The molecule has 15 heavy (non-hydrogen) atoms. The lowest BCUT2D eigenvalue weighted by Gasteiger charge is -2.27. The van der Waals surface area contributed by atoms with Gasteiger partial charge in [0.15, 0.2) is 0 Å². The molecule has 1 aromatic rings. The van der Waals surface area contributed by atoms with Gasteiger partial charge in [-0.3, -0.25) is 9.89 Å². The smallest absolute Gasteiger partial charge is 0.291 e. The summed E-state index contributed by atoms with van der Waals surface area (Å²) in [6.45, 7) is 1.68. The third-order valence-electron chi connectivity index (χ3n) is 2.79. The molecule has 1 aliphatic carbocycles. The van der Waals surface area contributed by atoms with E-state index in [1.807, 2.05) is 0 Å². The molecule has 80 valence electrons. The Kier molecular flexibility index (Phi) is 1.95. The number of amides is 1. The SMILES string of the molecule is O=C(NC1CNC1)c1n[nH]c(C2CC2)n1.